The molecule has 4 aliphatic heterocycles. The zero-order valence-electron chi connectivity index (χ0n) is 74.3. The lowest BCUT2D eigenvalue weighted by Crippen LogP contribution is -2.32. The summed E-state index contributed by atoms with van der Waals surface area (Å²) in [5, 5.41) is 60.8. The molecule has 6 fully saturated rings. The van der Waals surface area contributed by atoms with Crippen molar-refractivity contribution in [2.75, 3.05) is 103 Å². The van der Waals surface area contributed by atoms with Gasteiger partial charge in [-0.05, 0) is 254 Å². The highest BCUT2D eigenvalue weighted by Gasteiger charge is 2.53. The van der Waals surface area contributed by atoms with Gasteiger partial charge in [0, 0.05) is 158 Å². The smallest absolute Gasteiger partial charge is 0.259 e. The van der Waals surface area contributed by atoms with E-state index in [1.807, 2.05) is 109 Å². The van der Waals surface area contributed by atoms with E-state index in [1.165, 1.54) is 70.2 Å². The van der Waals surface area contributed by atoms with Crippen molar-refractivity contribution in [3.05, 3.63) is 199 Å². The minimum absolute atomic E-state index is 0.00598. The van der Waals surface area contributed by atoms with Crippen molar-refractivity contribution in [2.45, 2.75) is 164 Å². The number of aliphatic hydroxyl groups is 4. The fourth-order valence-electron chi connectivity index (χ4n) is 20.6. The number of rotatable bonds is 26. The highest BCUT2D eigenvalue weighted by Crippen LogP contribution is 2.54. The highest BCUT2D eigenvalue weighted by atomic mass is 79.9. The van der Waals surface area contributed by atoms with Crippen LogP contribution in [0, 0.1) is 11.8 Å². The fraction of sp³-hybridized carbons (Fsp3) is 0.420. The first-order valence-corrected chi connectivity index (χ1v) is 47.4. The second-order valence-electron chi connectivity index (χ2n) is 37.3. The molecule has 2 saturated carbocycles. The Morgan fingerprint density at radius 3 is 0.917 bits per heavy atom. The highest BCUT2D eigenvalue weighted by molar-refractivity contribution is 9.11. The molecule has 22 rings (SSSR count). The molecule has 4 spiro atoms. The van der Waals surface area contributed by atoms with Gasteiger partial charge in [-0.15, -0.1) is 0 Å². The molecule has 6 N–H and O–H groups in total. The SMILES string of the molecule is CC(C)Nc1ncc(-c2nc(-c3cccc4c3CC[C@@]43CC(=O)N(CCO)C3)no2)cc1Br.CC(C)Nc1ncc(-c2nc(-c3cccc4c3CC[C@]43CC(=O)N(CCO)C3)no2)cc1Br.O=C1C[C@@]2(CCc3c(-c4noc(-c5ccc(OCC6CC6)cc5)n4)cccc32)CN1CCO.O=C1C[C@]2(CCc3c(-c4noc(-c5ccc(OCC6CC6)cc5)n4)cccc32)CN1CCO. The Balaban J connectivity index is 0.000000114. The molecule has 4 atom stereocenters. The van der Waals surface area contributed by atoms with Crippen molar-refractivity contribution in [3.63, 3.8) is 0 Å². The van der Waals surface area contributed by atoms with Gasteiger partial charge in [-0.2, -0.15) is 19.9 Å². The van der Waals surface area contributed by atoms with Gasteiger partial charge >= 0.3 is 0 Å². The molecule has 10 aliphatic rings. The van der Waals surface area contributed by atoms with E-state index in [0.29, 0.717) is 125 Å². The average Bonchev–Trinajstić information content (AvgIpc) is 1.59. The van der Waals surface area contributed by atoms with Crippen LogP contribution in [0.3, 0.4) is 0 Å². The number of pyridine rings is 2. The zero-order valence-corrected chi connectivity index (χ0v) is 77.4. The van der Waals surface area contributed by atoms with Crippen molar-refractivity contribution in [3.8, 4) is 103 Å². The number of nitrogens with zero attached hydrogens (tertiary/aromatic N) is 14. The van der Waals surface area contributed by atoms with Gasteiger partial charge in [0.25, 0.3) is 23.6 Å². The molecule has 684 valence electrons. The Hall–Kier alpha value is -11.9. The van der Waals surface area contributed by atoms with Gasteiger partial charge in [-0.3, -0.25) is 19.2 Å². The summed E-state index contributed by atoms with van der Waals surface area (Å²) in [5.74, 6) is 9.14. The molecule has 132 heavy (non-hydrogen) atoms. The second-order valence-corrected chi connectivity index (χ2v) is 39.0. The summed E-state index contributed by atoms with van der Waals surface area (Å²) in [7, 11) is 0. The standard InChI is InChI=1S/2C26H27N3O4.2C24H26BrN5O3/c2*30-13-12-29-16-26(14-23(29)31)11-10-20-21(2-1-3-22(20)26)24-27-25(33-28-24)18-6-8-19(9-7-18)32-15-17-4-5-17;2*1-14(2)27-22-19(25)10-15(12-26-22)23-28-21(29-33-23)17-4-3-5-18-16(17)6-7-24(18)11-20(32)30(13-24)8-9-31/h2*1-3,6-9,17,30H,4-5,10-16H2;2*3-5,10,12,14,31H,6-9,11,13H2,1-2H3,(H,26,27)/t2*26-;2*24-/m1010/s1. The first-order chi connectivity index (χ1) is 64.1. The Morgan fingerprint density at radius 2 is 0.667 bits per heavy atom. The number of aliphatic hydroxyl groups excluding tert-OH is 4. The Kier molecular flexibility index (Phi) is 25.4. The van der Waals surface area contributed by atoms with E-state index < -0.39 is 0 Å². The number of carbonyl (C=O) groups excluding carboxylic acids is 4. The van der Waals surface area contributed by atoms with E-state index >= 15 is 0 Å². The number of hydrogen-bond donors (Lipinski definition) is 6. The molecular weight excluding hydrogens is 1810 g/mol. The number of amides is 4. The molecule has 0 unspecified atom stereocenters. The van der Waals surface area contributed by atoms with Crippen LogP contribution >= 0.6 is 31.9 Å². The van der Waals surface area contributed by atoms with Crippen LogP contribution in [-0.2, 0) is 66.5 Å². The van der Waals surface area contributed by atoms with Gasteiger partial charge in [0.05, 0.1) is 59.7 Å². The molecular formula is C100H106Br2N16O14. The van der Waals surface area contributed by atoms with Gasteiger partial charge in [0.1, 0.15) is 23.1 Å². The first kappa shape index (κ1) is 89.3. The molecule has 6 aromatic heterocycles. The van der Waals surface area contributed by atoms with E-state index in [4.69, 9.17) is 27.6 Å². The molecule has 10 heterocycles. The van der Waals surface area contributed by atoms with Crippen molar-refractivity contribution in [1.82, 2.24) is 70.1 Å². The second kappa shape index (κ2) is 37.6. The normalized spacial score (nSPS) is 20.7. The van der Waals surface area contributed by atoms with Gasteiger partial charge in [-0.1, -0.05) is 93.4 Å². The predicted octanol–water partition coefficient (Wildman–Crippen LogP) is 14.8. The summed E-state index contributed by atoms with van der Waals surface area (Å²) in [5.41, 5.74) is 15.8. The maximum absolute atomic E-state index is 12.5. The quantitative estimate of drug-likeness (QED) is 0.0293. The van der Waals surface area contributed by atoms with Crippen LogP contribution < -0.4 is 20.1 Å². The summed E-state index contributed by atoms with van der Waals surface area (Å²) < 4.78 is 35.7. The van der Waals surface area contributed by atoms with Gasteiger partial charge in [0.15, 0.2) is 0 Å². The molecule has 30 nitrogen and oxygen atoms in total. The molecule has 6 aromatic carbocycles. The summed E-state index contributed by atoms with van der Waals surface area (Å²) in [6.07, 6.45) is 17.6. The minimum atomic E-state index is -0.196. The summed E-state index contributed by atoms with van der Waals surface area (Å²) in [6.45, 7) is 13.9. The minimum Gasteiger partial charge on any atom is -0.493 e. The van der Waals surface area contributed by atoms with Gasteiger partial charge < -0.3 is 78.2 Å². The van der Waals surface area contributed by atoms with Gasteiger partial charge in [0.2, 0.25) is 46.9 Å². The van der Waals surface area contributed by atoms with Crippen LogP contribution in [0.15, 0.2) is 173 Å². The van der Waals surface area contributed by atoms with E-state index in [-0.39, 0.29) is 83.8 Å². The Labute approximate surface area is 780 Å². The maximum Gasteiger partial charge on any atom is 0.259 e. The lowest BCUT2D eigenvalue weighted by atomic mass is 9.80. The molecule has 4 amide bonds. The first-order valence-electron chi connectivity index (χ1n) is 45.8. The molecule has 6 aliphatic carbocycles. The maximum atomic E-state index is 12.5. The predicted molar refractivity (Wildman–Crippen MR) is 499 cm³/mol. The third-order valence-electron chi connectivity index (χ3n) is 27.5. The number of aromatic nitrogens is 10. The van der Waals surface area contributed by atoms with Crippen LogP contribution in [0.1, 0.15) is 149 Å². The van der Waals surface area contributed by atoms with E-state index in [2.05, 4.69) is 145 Å². The number of likely N-dealkylation sites (tertiary alicyclic amines) is 4. The third-order valence-corrected chi connectivity index (χ3v) is 28.7. The third kappa shape index (κ3) is 18.2. The van der Waals surface area contributed by atoms with Crippen molar-refractivity contribution in [2.24, 2.45) is 11.8 Å². The van der Waals surface area contributed by atoms with Crippen LogP contribution in [-0.4, -0.2) is 218 Å². The average molecular weight is 1920 g/mol. The largest absolute Gasteiger partial charge is 0.493 e. The summed E-state index contributed by atoms with van der Waals surface area (Å²) in [4.78, 5) is 84.8. The van der Waals surface area contributed by atoms with E-state index in [0.717, 1.165) is 153 Å². The number of fused-ring (bicyclic) bond motifs is 8. The monoisotopic (exact) mass is 1910 g/mol. The van der Waals surface area contributed by atoms with Crippen LogP contribution in [0.4, 0.5) is 11.6 Å². The molecule has 12 aromatic rings. The summed E-state index contributed by atoms with van der Waals surface area (Å²) >= 11 is 7.12. The van der Waals surface area contributed by atoms with Crippen molar-refractivity contribution < 1.29 is 67.2 Å². The zero-order chi connectivity index (χ0) is 91.2. The van der Waals surface area contributed by atoms with Gasteiger partial charge in [-0.25, -0.2) is 9.97 Å². The van der Waals surface area contributed by atoms with Crippen LogP contribution in [0.5, 0.6) is 11.5 Å². The number of halogens is 2. The molecule has 0 bridgehead atoms. The number of nitrogens with one attached hydrogen (secondary N) is 2. The van der Waals surface area contributed by atoms with E-state index in [1.54, 1.807) is 32.0 Å². The Bertz CT molecular complexity index is 5920. The molecule has 32 heteroatoms. The number of β-amino-alcohol motifs (C(OH)–C–C–N with tert-alkyl or cyclic N) is 4. The number of benzene rings is 6. The number of carbonyl (C=O) groups is 4. The molecule has 4 saturated heterocycles. The van der Waals surface area contributed by atoms with Crippen LogP contribution in [0.25, 0.3) is 91.4 Å². The Morgan fingerprint density at radius 1 is 0.394 bits per heavy atom. The topological polar surface area (TPSA) is 386 Å². The van der Waals surface area contributed by atoms with E-state index in [9.17, 15) is 39.6 Å². The fourth-order valence-corrected chi connectivity index (χ4v) is 21.6. The molecule has 0 radical (unpaired) electrons. The number of ether oxygens (including phenoxy) is 2. The number of hydrogen-bond acceptors (Lipinski definition) is 26. The van der Waals surface area contributed by atoms with Crippen molar-refractivity contribution in [1.29, 1.82) is 0 Å². The van der Waals surface area contributed by atoms with Crippen molar-refractivity contribution >= 4 is 67.1 Å². The lowest BCUT2D eigenvalue weighted by Gasteiger charge is -2.24. The summed E-state index contributed by atoms with van der Waals surface area (Å²) in [6, 6.07) is 44.5. The lowest BCUT2D eigenvalue weighted by molar-refractivity contribution is -0.128. The van der Waals surface area contributed by atoms with Crippen LogP contribution in [0.2, 0.25) is 0 Å². The number of anilines is 2.